The maximum atomic E-state index is 12.1. The number of benzene rings is 2. The van der Waals surface area contributed by atoms with Crippen LogP contribution in [0, 0.1) is 13.8 Å². The van der Waals surface area contributed by atoms with Gasteiger partial charge in [0, 0.05) is 24.2 Å². The van der Waals surface area contributed by atoms with Gasteiger partial charge in [0.15, 0.2) is 0 Å². The third-order valence-corrected chi connectivity index (χ3v) is 6.55. The molecule has 2 aromatic carbocycles. The molecular formula is C23H29N5O4S. The lowest BCUT2D eigenvalue weighted by molar-refractivity contribution is -0.128. The summed E-state index contributed by atoms with van der Waals surface area (Å²) in [6.45, 7) is 4.48. The maximum absolute atomic E-state index is 12.1. The minimum Gasteiger partial charge on any atom is -0.376 e. The van der Waals surface area contributed by atoms with Crippen LogP contribution in [0.4, 0.5) is 5.69 Å². The summed E-state index contributed by atoms with van der Waals surface area (Å²) < 4.78 is 26.6. The molecule has 2 amide bonds. The summed E-state index contributed by atoms with van der Waals surface area (Å²) in [5.74, 6) is -0.238. The van der Waals surface area contributed by atoms with Gasteiger partial charge in [0.25, 0.3) is 15.9 Å². The molecule has 0 aromatic heterocycles. The Bertz CT molecular complexity index is 1160. The highest BCUT2D eigenvalue weighted by atomic mass is 32.2. The van der Waals surface area contributed by atoms with Crippen molar-refractivity contribution in [2.75, 3.05) is 18.4 Å². The third kappa shape index (κ3) is 6.79. The summed E-state index contributed by atoms with van der Waals surface area (Å²) in [5.41, 5.74) is 8.47. The largest absolute Gasteiger partial charge is 0.376 e. The molecule has 0 fully saturated rings. The predicted octanol–water partition coefficient (Wildman–Crippen LogP) is 2.16. The number of aliphatic imine (C=N–C) groups is 1. The average molecular weight is 472 g/mol. The average Bonchev–Trinajstić information content (AvgIpc) is 3.04. The fourth-order valence-electron chi connectivity index (χ4n) is 3.45. The van der Waals surface area contributed by atoms with Crippen molar-refractivity contribution in [3.63, 3.8) is 0 Å². The van der Waals surface area contributed by atoms with E-state index in [2.05, 4.69) is 25.9 Å². The highest BCUT2D eigenvalue weighted by Gasteiger charge is 2.29. The first-order chi connectivity index (χ1) is 15.8. The molecule has 0 atom stereocenters. The van der Waals surface area contributed by atoms with Crippen LogP contribution in [0.5, 0.6) is 0 Å². The minimum atomic E-state index is -3.52. The van der Waals surface area contributed by atoms with Gasteiger partial charge in [0.2, 0.25) is 5.91 Å². The minimum absolute atomic E-state index is 0.0530. The molecule has 0 aliphatic carbocycles. The molecule has 0 spiro atoms. The van der Waals surface area contributed by atoms with Crippen molar-refractivity contribution >= 4 is 33.4 Å². The van der Waals surface area contributed by atoms with Crippen LogP contribution < -0.4 is 20.9 Å². The van der Waals surface area contributed by atoms with Gasteiger partial charge in [0.1, 0.15) is 5.84 Å². The Hall–Kier alpha value is -3.40. The number of rotatable bonds is 9. The monoisotopic (exact) mass is 471 g/mol. The van der Waals surface area contributed by atoms with Crippen molar-refractivity contribution in [3.8, 4) is 0 Å². The number of fused-ring (bicyclic) bond motifs is 1. The van der Waals surface area contributed by atoms with Crippen molar-refractivity contribution in [1.82, 2.24) is 15.6 Å². The molecule has 2 aromatic rings. The van der Waals surface area contributed by atoms with Gasteiger partial charge < -0.3 is 5.32 Å². The van der Waals surface area contributed by atoms with Crippen molar-refractivity contribution in [3.05, 3.63) is 59.2 Å². The number of hydrogen-bond acceptors (Lipinski definition) is 6. The molecule has 0 saturated carbocycles. The molecule has 3 rings (SSSR count). The Morgan fingerprint density at radius 2 is 1.73 bits per heavy atom. The topological polar surface area (TPSA) is 129 Å². The number of nitrogens with one attached hydrogen (secondary N) is 4. The Balaban J connectivity index is 1.30. The molecule has 0 saturated heterocycles. The highest BCUT2D eigenvalue weighted by molar-refractivity contribution is 7.90. The number of nitrogens with zero attached hydrogens (tertiary/aromatic N) is 1. The van der Waals surface area contributed by atoms with E-state index < -0.39 is 10.0 Å². The van der Waals surface area contributed by atoms with Crippen LogP contribution in [0.15, 0.2) is 52.4 Å². The third-order valence-electron chi connectivity index (χ3n) is 5.16. The number of hydrogen-bond donors (Lipinski definition) is 4. The number of amidine groups is 1. The van der Waals surface area contributed by atoms with E-state index in [0.29, 0.717) is 30.8 Å². The van der Waals surface area contributed by atoms with Crippen LogP contribution in [0.25, 0.3) is 0 Å². The molecule has 1 aliphatic rings. The first-order valence-corrected chi connectivity index (χ1v) is 12.3. The molecular weight excluding hydrogens is 442 g/mol. The van der Waals surface area contributed by atoms with E-state index in [1.54, 1.807) is 24.3 Å². The van der Waals surface area contributed by atoms with Gasteiger partial charge in [-0.2, -0.15) is 0 Å². The van der Waals surface area contributed by atoms with Gasteiger partial charge >= 0.3 is 0 Å². The van der Waals surface area contributed by atoms with Crippen LogP contribution in [0.3, 0.4) is 0 Å². The van der Waals surface area contributed by atoms with Crippen LogP contribution >= 0.6 is 0 Å². The van der Waals surface area contributed by atoms with Gasteiger partial charge in [-0.15, -0.1) is 0 Å². The lowest BCUT2D eigenvalue weighted by atomic mass is 10.1. The molecule has 176 valence electrons. The standard InChI is InChI=1S/C23H29N5O4S/c1-16-11-12-19(17(2)14-16)25-15-22(30)27-26-21(29)10-4-3-7-13-24-23-18-8-5-6-9-20(18)33(31,32)28-23/h5-6,8-9,11-12,14,25H,3-4,7,10,13,15H2,1-2H3,(H,24,28)(H,26,29)(H,27,30). The van der Waals surface area contributed by atoms with E-state index in [1.165, 1.54) is 0 Å². The van der Waals surface area contributed by atoms with Gasteiger partial charge in [-0.25, -0.2) is 8.42 Å². The van der Waals surface area contributed by atoms with E-state index in [4.69, 9.17) is 0 Å². The molecule has 0 radical (unpaired) electrons. The smallest absolute Gasteiger partial charge is 0.263 e. The van der Waals surface area contributed by atoms with Crippen molar-refractivity contribution in [1.29, 1.82) is 0 Å². The summed E-state index contributed by atoms with van der Waals surface area (Å²) in [4.78, 5) is 28.4. The second-order valence-corrected chi connectivity index (χ2v) is 9.56. The zero-order valence-electron chi connectivity index (χ0n) is 18.8. The van der Waals surface area contributed by atoms with Crippen LogP contribution in [0.2, 0.25) is 0 Å². The molecule has 10 heteroatoms. The second kappa shape index (κ2) is 11.0. The molecule has 0 unspecified atom stereocenters. The van der Waals surface area contributed by atoms with Gasteiger partial charge in [-0.05, 0) is 50.5 Å². The Labute approximate surface area is 194 Å². The lowest BCUT2D eigenvalue weighted by Gasteiger charge is -2.11. The molecule has 1 heterocycles. The fourth-order valence-corrected chi connectivity index (χ4v) is 4.70. The number of carbonyl (C=O) groups excluding carboxylic acids is 2. The predicted molar refractivity (Wildman–Crippen MR) is 127 cm³/mol. The fraction of sp³-hybridized carbons (Fsp3) is 0.348. The van der Waals surface area contributed by atoms with Crippen molar-refractivity contribution < 1.29 is 18.0 Å². The molecule has 33 heavy (non-hydrogen) atoms. The zero-order valence-corrected chi connectivity index (χ0v) is 19.6. The number of carbonyl (C=O) groups is 2. The summed E-state index contributed by atoms with van der Waals surface area (Å²) in [7, 11) is -3.52. The van der Waals surface area contributed by atoms with E-state index in [-0.39, 0.29) is 29.7 Å². The van der Waals surface area contributed by atoms with Crippen molar-refractivity contribution in [2.24, 2.45) is 4.99 Å². The van der Waals surface area contributed by atoms with Crippen LogP contribution in [0.1, 0.15) is 42.4 Å². The number of hydrazine groups is 1. The molecule has 9 nitrogen and oxygen atoms in total. The highest BCUT2D eigenvalue weighted by Crippen LogP contribution is 2.22. The lowest BCUT2D eigenvalue weighted by Crippen LogP contribution is -2.44. The first-order valence-electron chi connectivity index (χ1n) is 10.8. The van der Waals surface area contributed by atoms with E-state index in [0.717, 1.165) is 23.2 Å². The van der Waals surface area contributed by atoms with Gasteiger partial charge in [-0.1, -0.05) is 36.2 Å². The van der Waals surface area contributed by atoms with Crippen LogP contribution in [-0.4, -0.2) is 39.2 Å². The first kappa shape index (κ1) is 24.2. The normalized spacial score (nSPS) is 14.9. The van der Waals surface area contributed by atoms with E-state index in [1.807, 2.05) is 32.0 Å². The zero-order chi connectivity index (χ0) is 23.8. The molecule has 0 bridgehead atoms. The summed E-state index contributed by atoms with van der Waals surface area (Å²) >= 11 is 0. The number of anilines is 1. The van der Waals surface area contributed by atoms with Crippen LogP contribution in [-0.2, 0) is 19.6 Å². The quantitative estimate of drug-likeness (QED) is 0.329. The van der Waals surface area contributed by atoms with E-state index in [9.17, 15) is 18.0 Å². The van der Waals surface area contributed by atoms with Crippen molar-refractivity contribution in [2.45, 2.75) is 44.4 Å². The summed E-state index contributed by atoms with van der Waals surface area (Å²) in [5, 5.41) is 3.05. The number of aryl methyl sites for hydroxylation is 2. The Morgan fingerprint density at radius 1 is 0.970 bits per heavy atom. The number of amides is 2. The molecule has 4 N–H and O–H groups in total. The summed E-state index contributed by atoms with van der Waals surface area (Å²) in [6.07, 6.45) is 2.38. The van der Waals surface area contributed by atoms with Gasteiger partial charge in [0.05, 0.1) is 11.4 Å². The molecule has 1 aliphatic heterocycles. The Morgan fingerprint density at radius 3 is 2.52 bits per heavy atom. The SMILES string of the molecule is Cc1ccc(NCC(=O)NNC(=O)CCCCCN=C2NS(=O)(=O)c3ccccc32)c(C)c1. The summed E-state index contributed by atoms with van der Waals surface area (Å²) in [6, 6.07) is 12.6. The maximum Gasteiger partial charge on any atom is 0.263 e. The number of sulfonamides is 1. The second-order valence-electron chi connectivity index (χ2n) is 7.91. The number of unbranched alkanes of at least 4 members (excludes halogenated alkanes) is 2. The Kier molecular flexibility index (Phi) is 8.05. The van der Waals surface area contributed by atoms with Gasteiger partial charge in [-0.3, -0.25) is 30.2 Å². The van der Waals surface area contributed by atoms with E-state index >= 15 is 0 Å².